The number of amides is 1. The minimum absolute atomic E-state index is 0.127. The van der Waals surface area contributed by atoms with E-state index in [4.69, 9.17) is 0 Å². The predicted molar refractivity (Wildman–Crippen MR) is 73.3 cm³/mol. The van der Waals surface area contributed by atoms with Crippen molar-refractivity contribution in [2.75, 3.05) is 37.7 Å². The van der Waals surface area contributed by atoms with Crippen LogP contribution in [-0.4, -0.2) is 59.4 Å². The molecule has 3 atom stereocenters. The predicted octanol–water partition coefficient (Wildman–Crippen LogP) is 1.54. The number of hydrogen-bond donors (Lipinski definition) is 0. The van der Waals surface area contributed by atoms with Crippen molar-refractivity contribution in [3.05, 3.63) is 0 Å². The molecule has 2 bridgehead atoms. The van der Waals surface area contributed by atoms with Crippen LogP contribution < -0.4 is 0 Å². The first-order chi connectivity index (χ1) is 8.09. The molecular weight excluding hydrogens is 232 g/mol. The Morgan fingerprint density at radius 3 is 2.76 bits per heavy atom. The molecule has 98 valence electrons. The first-order valence-electron chi connectivity index (χ1n) is 6.70. The number of fused-ring (bicyclic) bond motifs is 3. The first-order valence-corrected chi connectivity index (χ1v) is 7.85. The molecule has 2 aliphatic rings. The number of carbonyl (C=O) groups excluding carboxylic acids is 1. The zero-order valence-corrected chi connectivity index (χ0v) is 12.0. The van der Waals surface area contributed by atoms with Crippen LogP contribution in [0.15, 0.2) is 0 Å². The third kappa shape index (κ3) is 2.97. The van der Waals surface area contributed by atoms with E-state index < -0.39 is 0 Å². The van der Waals surface area contributed by atoms with Crippen LogP contribution in [0.2, 0.25) is 0 Å². The minimum atomic E-state index is 0.127. The van der Waals surface area contributed by atoms with E-state index in [2.05, 4.69) is 16.7 Å². The second-order valence-corrected chi connectivity index (χ2v) is 6.76. The Bertz CT molecular complexity index is 283. The summed E-state index contributed by atoms with van der Waals surface area (Å²) in [6, 6.07) is 0.445. The Kier molecular flexibility index (Phi) is 4.36. The highest BCUT2D eigenvalue weighted by Gasteiger charge is 2.34. The molecule has 3 unspecified atom stereocenters. The van der Waals surface area contributed by atoms with Crippen LogP contribution in [0.25, 0.3) is 0 Å². The van der Waals surface area contributed by atoms with Gasteiger partial charge in [-0.2, -0.15) is 11.8 Å². The largest absolute Gasteiger partial charge is 0.337 e. The highest BCUT2D eigenvalue weighted by Crippen LogP contribution is 2.25. The van der Waals surface area contributed by atoms with Crippen LogP contribution in [0.4, 0.5) is 0 Å². The normalized spacial score (nSPS) is 34.4. The molecule has 0 aromatic carbocycles. The number of thioether (sulfide) groups is 1. The van der Waals surface area contributed by atoms with Gasteiger partial charge >= 0.3 is 0 Å². The fraction of sp³-hybridized carbons (Fsp3) is 0.923. The monoisotopic (exact) mass is 256 g/mol. The fourth-order valence-corrected chi connectivity index (χ4v) is 4.11. The molecule has 17 heavy (non-hydrogen) atoms. The highest BCUT2D eigenvalue weighted by atomic mass is 32.2. The third-order valence-electron chi connectivity index (χ3n) is 3.88. The summed E-state index contributed by atoms with van der Waals surface area (Å²) < 4.78 is 0. The van der Waals surface area contributed by atoms with Crippen LogP contribution in [0.5, 0.6) is 0 Å². The molecule has 0 spiro atoms. The van der Waals surface area contributed by atoms with Crippen LogP contribution in [0, 0.1) is 11.8 Å². The summed E-state index contributed by atoms with van der Waals surface area (Å²) in [5.74, 6) is 3.40. The van der Waals surface area contributed by atoms with E-state index in [1.165, 1.54) is 12.3 Å². The maximum Gasteiger partial charge on any atom is 0.225 e. The summed E-state index contributed by atoms with van der Waals surface area (Å²) in [4.78, 5) is 17.0. The van der Waals surface area contributed by atoms with Gasteiger partial charge in [0, 0.05) is 49.6 Å². The van der Waals surface area contributed by atoms with Crippen molar-refractivity contribution in [3.8, 4) is 0 Å². The Morgan fingerprint density at radius 1 is 1.29 bits per heavy atom. The van der Waals surface area contributed by atoms with Gasteiger partial charge < -0.3 is 9.80 Å². The molecule has 2 saturated heterocycles. The van der Waals surface area contributed by atoms with Gasteiger partial charge in [-0.25, -0.2) is 0 Å². The Labute approximate surface area is 109 Å². The SMILES string of the molecule is CC(C)C(=O)N1CCN2CCSCC1C(C)C2. The molecule has 2 aliphatic heterocycles. The lowest BCUT2D eigenvalue weighted by Gasteiger charge is -2.35. The fourth-order valence-electron chi connectivity index (χ4n) is 2.80. The second kappa shape index (κ2) is 5.61. The Morgan fingerprint density at radius 2 is 2.06 bits per heavy atom. The molecule has 1 amide bonds. The lowest BCUT2D eigenvalue weighted by Crippen LogP contribution is -2.47. The average Bonchev–Trinajstić information content (AvgIpc) is 2.35. The van der Waals surface area contributed by atoms with Crippen molar-refractivity contribution in [1.29, 1.82) is 0 Å². The van der Waals surface area contributed by atoms with Crippen molar-refractivity contribution in [3.63, 3.8) is 0 Å². The van der Waals surface area contributed by atoms with Crippen LogP contribution in [0.1, 0.15) is 20.8 Å². The van der Waals surface area contributed by atoms with E-state index >= 15 is 0 Å². The summed E-state index contributed by atoms with van der Waals surface area (Å²) in [5, 5.41) is 0. The molecular formula is C13H24N2OS. The molecule has 4 heteroatoms. The van der Waals surface area contributed by atoms with E-state index in [9.17, 15) is 4.79 Å². The standard InChI is InChI=1S/C13H24N2OS/c1-10(2)13(16)15-5-4-14-6-7-17-9-12(15)11(3)8-14/h10-12H,4-9H2,1-3H3. The van der Waals surface area contributed by atoms with E-state index in [1.807, 2.05) is 25.6 Å². The van der Waals surface area contributed by atoms with Gasteiger partial charge in [0.05, 0.1) is 0 Å². The first kappa shape index (κ1) is 13.2. The summed E-state index contributed by atoms with van der Waals surface area (Å²) in [6.07, 6.45) is 0. The summed E-state index contributed by atoms with van der Waals surface area (Å²) in [7, 11) is 0. The van der Waals surface area contributed by atoms with E-state index in [0.717, 1.165) is 25.4 Å². The van der Waals surface area contributed by atoms with Gasteiger partial charge in [0.1, 0.15) is 0 Å². The number of rotatable bonds is 1. The summed E-state index contributed by atoms with van der Waals surface area (Å²) in [5.41, 5.74) is 0. The van der Waals surface area contributed by atoms with Crippen LogP contribution >= 0.6 is 11.8 Å². The molecule has 0 aliphatic carbocycles. The van der Waals surface area contributed by atoms with Gasteiger partial charge in [0.15, 0.2) is 0 Å². The number of nitrogens with zero attached hydrogens (tertiary/aromatic N) is 2. The molecule has 2 heterocycles. The molecule has 2 rings (SSSR count). The van der Waals surface area contributed by atoms with Gasteiger partial charge in [-0.1, -0.05) is 20.8 Å². The zero-order chi connectivity index (χ0) is 12.4. The average molecular weight is 256 g/mol. The number of carbonyl (C=O) groups is 1. The van der Waals surface area contributed by atoms with Crippen LogP contribution in [-0.2, 0) is 4.79 Å². The smallest absolute Gasteiger partial charge is 0.225 e. The van der Waals surface area contributed by atoms with Crippen molar-refractivity contribution < 1.29 is 4.79 Å². The second-order valence-electron chi connectivity index (χ2n) is 5.61. The summed E-state index contributed by atoms with van der Waals surface area (Å²) in [6.45, 7) is 10.7. The highest BCUT2D eigenvalue weighted by molar-refractivity contribution is 7.99. The molecule has 0 radical (unpaired) electrons. The molecule has 0 N–H and O–H groups in total. The molecule has 0 aromatic heterocycles. The molecule has 3 nitrogen and oxygen atoms in total. The molecule has 0 saturated carbocycles. The minimum Gasteiger partial charge on any atom is -0.337 e. The maximum absolute atomic E-state index is 12.3. The Hall–Kier alpha value is -0.220. The molecule has 0 aromatic rings. The van der Waals surface area contributed by atoms with E-state index in [1.54, 1.807) is 0 Å². The van der Waals surface area contributed by atoms with E-state index in [-0.39, 0.29) is 5.92 Å². The van der Waals surface area contributed by atoms with Gasteiger partial charge in [-0.05, 0) is 5.92 Å². The molecule has 2 fully saturated rings. The van der Waals surface area contributed by atoms with Gasteiger partial charge in [-0.3, -0.25) is 4.79 Å². The van der Waals surface area contributed by atoms with Gasteiger partial charge in [0.25, 0.3) is 0 Å². The quantitative estimate of drug-likeness (QED) is 0.711. The lowest BCUT2D eigenvalue weighted by molar-refractivity contribution is -0.136. The third-order valence-corrected chi connectivity index (χ3v) is 4.93. The Balaban J connectivity index is 2.17. The lowest BCUT2D eigenvalue weighted by atomic mass is 10.0. The van der Waals surface area contributed by atoms with Crippen molar-refractivity contribution in [1.82, 2.24) is 9.80 Å². The zero-order valence-electron chi connectivity index (χ0n) is 11.2. The van der Waals surface area contributed by atoms with Crippen molar-refractivity contribution >= 4 is 17.7 Å². The topological polar surface area (TPSA) is 23.6 Å². The van der Waals surface area contributed by atoms with Crippen molar-refractivity contribution in [2.45, 2.75) is 26.8 Å². The van der Waals surface area contributed by atoms with Crippen molar-refractivity contribution in [2.24, 2.45) is 11.8 Å². The van der Waals surface area contributed by atoms with Crippen LogP contribution in [0.3, 0.4) is 0 Å². The number of hydrogen-bond acceptors (Lipinski definition) is 3. The van der Waals surface area contributed by atoms with Gasteiger partial charge in [-0.15, -0.1) is 0 Å². The van der Waals surface area contributed by atoms with E-state index in [0.29, 0.717) is 17.9 Å². The maximum atomic E-state index is 12.3. The van der Waals surface area contributed by atoms with Gasteiger partial charge in [0.2, 0.25) is 5.91 Å². The summed E-state index contributed by atoms with van der Waals surface area (Å²) >= 11 is 2.01.